The summed E-state index contributed by atoms with van der Waals surface area (Å²) in [6, 6.07) is 4.21. The molecule has 0 unspecified atom stereocenters. The van der Waals surface area contributed by atoms with E-state index in [1.807, 2.05) is 0 Å². The number of hydrogen-bond donors (Lipinski definition) is 0. The van der Waals surface area contributed by atoms with Crippen LogP contribution in [0, 0.1) is 0 Å². The molecule has 0 saturated heterocycles. The van der Waals surface area contributed by atoms with E-state index in [0.29, 0.717) is 0 Å². The molecule has 0 aliphatic carbocycles. The van der Waals surface area contributed by atoms with E-state index in [-0.39, 0.29) is 0 Å². The normalized spacial score (nSPS) is 11.9. The molecule has 1 aromatic carbocycles. The van der Waals surface area contributed by atoms with Gasteiger partial charge in [-0.1, -0.05) is 18.2 Å². The van der Waals surface area contributed by atoms with Gasteiger partial charge in [0, 0.05) is 5.56 Å². The first-order chi connectivity index (χ1) is 10.4. The molecule has 0 aliphatic heterocycles. The first kappa shape index (κ1) is 18.9. The predicted molar refractivity (Wildman–Crippen MR) is 75.9 cm³/mol. The van der Waals surface area contributed by atoms with Crippen molar-refractivity contribution in [1.82, 2.24) is 0 Å². The van der Waals surface area contributed by atoms with E-state index in [9.17, 15) is 27.6 Å². The Morgan fingerprint density at radius 3 is 2.09 bits per heavy atom. The fraction of sp³-hybridized carbons (Fsp3) is 0.438. The van der Waals surface area contributed by atoms with Crippen molar-refractivity contribution in [3.05, 3.63) is 35.4 Å². The van der Waals surface area contributed by atoms with E-state index in [2.05, 4.69) is 0 Å². The number of ether oxygens (including phenoxy) is 1. The third kappa shape index (κ3) is 6.22. The van der Waals surface area contributed by atoms with Crippen molar-refractivity contribution < 1.29 is 32.3 Å². The maximum absolute atomic E-state index is 12.8. The maximum Gasteiger partial charge on any atom is 0.417 e. The Morgan fingerprint density at radius 2 is 1.57 bits per heavy atom. The van der Waals surface area contributed by atoms with Crippen molar-refractivity contribution in [1.29, 1.82) is 0 Å². The highest BCUT2D eigenvalue weighted by molar-refractivity contribution is 6.12. The van der Waals surface area contributed by atoms with Gasteiger partial charge in [-0.15, -0.1) is 0 Å². The standard InChI is InChI=1S/C16H17F3O4/c1-15(2,3)23-14(22)9-10(20)8-13(21)11-6-4-5-7-12(11)16(17,18)19/h4-7H,8-9H2,1-3H3. The number of carbonyl (C=O) groups excluding carboxylic acids is 3. The molecule has 0 saturated carbocycles. The molecule has 0 aromatic heterocycles. The van der Waals surface area contributed by atoms with Crippen LogP contribution in [0.15, 0.2) is 24.3 Å². The number of rotatable bonds is 5. The monoisotopic (exact) mass is 330 g/mol. The zero-order chi connectivity index (χ0) is 17.8. The molecule has 0 bridgehead atoms. The minimum atomic E-state index is -4.69. The van der Waals surface area contributed by atoms with Gasteiger partial charge in [-0.05, 0) is 26.8 Å². The van der Waals surface area contributed by atoms with Crippen molar-refractivity contribution in [3.63, 3.8) is 0 Å². The third-order valence-electron chi connectivity index (χ3n) is 2.65. The van der Waals surface area contributed by atoms with Crippen molar-refractivity contribution in [2.75, 3.05) is 0 Å². The van der Waals surface area contributed by atoms with E-state index >= 15 is 0 Å². The lowest BCUT2D eigenvalue weighted by Gasteiger charge is -2.19. The highest BCUT2D eigenvalue weighted by Gasteiger charge is 2.35. The smallest absolute Gasteiger partial charge is 0.417 e. The number of carbonyl (C=O) groups is 3. The zero-order valence-electron chi connectivity index (χ0n) is 13.0. The summed E-state index contributed by atoms with van der Waals surface area (Å²) in [5.74, 6) is -2.59. The van der Waals surface area contributed by atoms with E-state index in [0.717, 1.165) is 18.2 Å². The number of halogens is 3. The molecule has 0 aliphatic rings. The molecular weight excluding hydrogens is 313 g/mol. The molecule has 0 radical (unpaired) electrons. The van der Waals surface area contributed by atoms with Crippen LogP contribution in [0.25, 0.3) is 0 Å². The Labute approximate surface area is 131 Å². The Morgan fingerprint density at radius 1 is 1.00 bits per heavy atom. The molecule has 1 aromatic rings. The quantitative estimate of drug-likeness (QED) is 0.470. The number of alkyl halides is 3. The van der Waals surface area contributed by atoms with Crippen LogP contribution in [0.3, 0.4) is 0 Å². The van der Waals surface area contributed by atoms with Crippen LogP contribution in [0.1, 0.15) is 49.5 Å². The number of Topliss-reactive ketones (excluding diaryl/α,β-unsaturated/α-hetero) is 2. The summed E-state index contributed by atoms with van der Waals surface area (Å²) in [6.45, 7) is 4.83. The molecule has 0 amide bonds. The van der Waals surface area contributed by atoms with E-state index in [1.165, 1.54) is 6.07 Å². The SMILES string of the molecule is CC(C)(C)OC(=O)CC(=O)CC(=O)c1ccccc1C(F)(F)F. The van der Waals surface area contributed by atoms with E-state index < -0.39 is 53.3 Å². The lowest BCUT2D eigenvalue weighted by molar-refractivity contribution is -0.156. The lowest BCUT2D eigenvalue weighted by Crippen LogP contribution is -2.26. The summed E-state index contributed by atoms with van der Waals surface area (Å²) in [5, 5.41) is 0. The fourth-order valence-electron chi connectivity index (χ4n) is 1.85. The van der Waals surface area contributed by atoms with Gasteiger partial charge >= 0.3 is 12.1 Å². The molecule has 23 heavy (non-hydrogen) atoms. The minimum absolute atomic E-state index is 0.586. The van der Waals surface area contributed by atoms with Crippen LogP contribution in [-0.2, 0) is 20.5 Å². The molecule has 1 rings (SSSR count). The topological polar surface area (TPSA) is 60.4 Å². The molecule has 126 valence electrons. The molecule has 0 N–H and O–H groups in total. The summed E-state index contributed by atoms with van der Waals surface area (Å²) < 4.78 is 43.4. The number of benzene rings is 1. The molecule has 0 fully saturated rings. The highest BCUT2D eigenvalue weighted by atomic mass is 19.4. The summed E-state index contributed by atoms with van der Waals surface area (Å²) >= 11 is 0. The van der Waals surface area contributed by atoms with Crippen molar-refractivity contribution in [2.24, 2.45) is 0 Å². The summed E-state index contributed by atoms with van der Waals surface area (Å²) in [4.78, 5) is 35.1. The summed E-state index contributed by atoms with van der Waals surface area (Å²) in [7, 11) is 0. The van der Waals surface area contributed by atoms with Gasteiger partial charge in [-0.25, -0.2) is 0 Å². The molecule has 0 atom stereocenters. The van der Waals surface area contributed by atoms with E-state index in [1.54, 1.807) is 20.8 Å². The van der Waals surface area contributed by atoms with Crippen molar-refractivity contribution in [3.8, 4) is 0 Å². The molecular formula is C16H17F3O4. The lowest BCUT2D eigenvalue weighted by atomic mass is 9.99. The predicted octanol–water partition coefficient (Wildman–Crippen LogP) is 3.58. The van der Waals surface area contributed by atoms with Gasteiger partial charge in [-0.2, -0.15) is 13.2 Å². The third-order valence-corrected chi connectivity index (χ3v) is 2.65. The second kappa shape index (κ2) is 6.93. The molecule has 7 heteroatoms. The van der Waals surface area contributed by atoms with Crippen LogP contribution in [0.4, 0.5) is 13.2 Å². The van der Waals surface area contributed by atoms with Crippen LogP contribution in [0.2, 0.25) is 0 Å². The van der Waals surface area contributed by atoms with Crippen molar-refractivity contribution in [2.45, 2.75) is 45.4 Å². The second-order valence-corrected chi connectivity index (χ2v) is 5.95. The van der Waals surface area contributed by atoms with Crippen LogP contribution in [0.5, 0.6) is 0 Å². The Kier molecular flexibility index (Phi) is 5.69. The van der Waals surface area contributed by atoms with Crippen molar-refractivity contribution >= 4 is 17.5 Å². The first-order valence-electron chi connectivity index (χ1n) is 6.83. The van der Waals surface area contributed by atoms with Crippen LogP contribution < -0.4 is 0 Å². The first-order valence-corrected chi connectivity index (χ1v) is 6.83. The van der Waals surface area contributed by atoms with Gasteiger partial charge in [0.15, 0.2) is 11.6 Å². The summed E-state index contributed by atoms with van der Waals surface area (Å²) in [6.07, 6.45) is -6.13. The van der Waals surface area contributed by atoms with Gasteiger partial charge in [0.05, 0.1) is 12.0 Å². The Hall–Kier alpha value is -2.18. The molecule has 4 nitrogen and oxygen atoms in total. The largest absolute Gasteiger partial charge is 0.460 e. The average molecular weight is 330 g/mol. The van der Waals surface area contributed by atoms with Gasteiger partial charge in [0.25, 0.3) is 0 Å². The minimum Gasteiger partial charge on any atom is -0.460 e. The summed E-state index contributed by atoms with van der Waals surface area (Å²) in [5.41, 5.74) is -2.47. The Balaban J connectivity index is 2.78. The highest BCUT2D eigenvalue weighted by Crippen LogP contribution is 2.32. The van der Waals surface area contributed by atoms with Gasteiger partial charge in [0.1, 0.15) is 12.0 Å². The van der Waals surface area contributed by atoms with Gasteiger partial charge in [0.2, 0.25) is 0 Å². The van der Waals surface area contributed by atoms with Crippen LogP contribution in [-0.4, -0.2) is 23.1 Å². The van der Waals surface area contributed by atoms with E-state index in [4.69, 9.17) is 4.74 Å². The number of hydrogen-bond acceptors (Lipinski definition) is 4. The van der Waals surface area contributed by atoms with Crippen LogP contribution >= 0.6 is 0 Å². The maximum atomic E-state index is 12.8. The number of ketones is 2. The van der Waals surface area contributed by atoms with Gasteiger partial charge < -0.3 is 4.74 Å². The molecule has 0 heterocycles. The zero-order valence-corrected chi connectivity index (χ0v) is 13.0. The second-order valence-electron chi connectivity index (χ2n) is 5.95. The number of esters is 1. The Bertz CT molecular complexity index is 612. The fourth-order valence-corrected chi connectivity index (χ4v) is 1.85. The molecule has 0 spiro atoms. The average Bonchev–Trinajstić information content (AvgIpc) is 2.34. The van der Waals surface area contributed by atoms with Gasteiger partial charge in [-0.3, -0.25) is 14.4 Å².